The van der Waals surface area contributed by atoms with E-state index in [1.807, 2.05) is 18.2 Å². The molecule has 21 heavy (non-hydrogen) atoms. The average Bonchev–Trinajstić information content (AvgIpc) is 2.43. The van der Waals surface area contributed by atoms with E-state index in [-0.39, 0.29) is 17.9 Å². The highest BCUT2D eigenvalue weighted by atomic mass is 19.1. The highest BCUT2D eigenvalue weighted by Gasteiger charge is 2.32. The van der Waals surface area contributed by atoms with Crippen LogP contribution < -0.4 is 10.5 Å². The lowest BCUT2D eigenvalue weighted by Crippen LogP contribution is -2.37. The summed E-state index contributed by atoms with van der Waals surface area (Å²) in [7, 11) is 0. The van der Waals surface area contributed by atoms with E-state index in [9.17, 15) is 8.78 Å². The van der Waals surface area contributed by atoms with Crippen molar-refractivity contribution < 1.29 is 13.5 Å². The molecule has 110 valence electrons. The Morgan fingerprint density at radius 1 is 1.05 bits per heavy atom. The molecule has 2 aromatic rings. The number of halogens is 2. The molecule has 0 radical (unpaired) electrons. The molecule has 1 aliphatic carbocycles. The van der Waals surface area contributed by atoms with Crippen LogP contribution in [-0.4, -0.2) is 6.10 Å². The summed E-state index contributed by atoms with van der Waals surface area (Å²) in [6, 6.07) is 10.9. The van der Waals surface area contributed by atoms with Crippen LogP contribution in [0.2, 0.25) is 0 Å². The lowest BCUT2D eigenvalue weighted by atomic mass is 9.79. The van der Waals surface area contributed by atoms with Gasteiger partial charge in [-0.2, -0.15) is 0 Å². The van der Waals surface area contributed by atoms with E-state index < -0.39 is 11.6 Å². The molecule has 0 fully saturated rings. The second-order valence-corrected chi connectivity index (χ2v) is 5.55. The van der Waals surface area contributed by atoms with Crippen LogP contribution in [0.5, 0.6) is 5.75 Å². The molecule has 2 N–H and O–H groups in total. The Hall–Kier alpha value is -1.94. The Kier molecular flexibility index (Phi) is 3.64. The molecule has 0 saturated heterocycles. The quantitative estimate of drug-likeness (QED) is 0.909. The highest BCUT2D eigenvalue weighted by Crippen LogP contribution is 2.38. The number of nitrogens with two attached hydrogens (primary N) is 1. The number of hydrogen-bond acceptors (Lipinski definition) is 2. The van der Waals surface area contributed by atoms with Gasteiger partial charge in [0.05, 0.1) is 6.04 Å². The van der Waals surface area contributed by atoms with E-state index in [0.29, 0.717) is 5.92 Å². The van der Waals surface area contributed by atoms with E-state index in [2.05, 4.69) is 13.0 Å². The molecule has 2 nitrogen and oxygen atoms in total. The van der Waals surface area contributed by atoms with Crippen LogP contribution in [0.4, 0.5) is 8.78 Å². The first-order chi connectivity index (χ1) is 10.0. The summed E-state index contributed by atoms with van der Waals surface area (Å²) in [5.74, 6) is -0.824. The molecule has 3 unspecified atom stereocenters. The predicted octanol–water partition coefficient (Wildman–Crippen LogP) is 3.92. The third-order valence-electron chi connectivity index (χ3n) is 4.00. The maximum atomic E-state index is 13.2. The first-order valence-corrected chi connectivity index (χ1v) is 7.02. The van der Waals surface area contributed by atoms with Crippen molar-refractivity contribution in [3.05, 3.63) is 65.2 Å². The van der Waals surface area contributed by atoms with E-state index in [4.69, 9.17) is 10.5 Å². The summed E-state index contributed by atoms with van der Waals surface area (Å²) >= 11 is 0. The minimum atomic E-state index is -0.650. The maximum absolute atomic E-state index is 13.2. The van der Waals surface area contributed by atoms with Crippen molar-refractivity contribution in [2.75, 3.05) is 0 Å². The van der Waals surface area contributed by atoms with Gasteiger partial charge in [0.2, 0.25) is 0 Å². The van der Waals surface area contributed by atoms with Gasteiger partial charge in [0, 0.05) is 18.2 Å². The van der Waals surface area contributed by atoms with Gasteiger partial charge in [0.1, 0.15) is 23.5 Å². The summed E-state index contributed by atoms with van der Waals surface area (Å²) in [6.45, 7) is 2.10. The standard InChI is InChI=1S/C17H17F2NO/c1-10-6-16(17(20)15-5-3-2-4-14(10)15)21-13-8-11(18)7-12(19)9-13/h2-5,7-10,16-17H,6,20H2,1H3. The van der Waals surface area contributed by atoms with Gasteiger partial charge in [0.15, 0.2) is 0 Å². The van der Waals surface area contributed by atoms with Gasteiger partial charge in [-0.15, -0.1) is 0 Å². The zero-order chi connectivity index (χ0) is 15.0. The Morgan fingerprint density at radius 3 is 2.33 bits per heavy atom. The van der Waals surface area contributed by atoms with E-state index in [1.165, 1.54) is 17.7 Å². The molecule has 3 rings (SSSR count). The Morgan fingerprint density at radius 2 is 1.67 bits per heavy atom. The molecule has 0 saturated carbocycles. The zero-order valence-corrected chi connectivity index (χ0v) is 11.7. The van der Waals surface area contributed by atoms with E-state index >= 15 is 0 Å². The molecule has 0 aliphatic heterocycles. The topological polar surface area (TPSA) is 35.2 Å². The lowest BCUT2D eigenvalue weighted by Gasteiger charge is -2.35. The smallest absolute Gasteiger partial charge is 0.129 e. The van der Waals surface area contributed by atoms with Crippen LogP contribution in [0.3, 0.4) is 0 Å². The largest absolute Gasteiger partial charge is 0.488 e. The van der Waals surface area contributed by atoms with Crippen molar-refractivity contribution in [1.82, 2.24) is 0 Å². The lowest BCUT2D eigenvalue weighted by molar-refractivity contribution is 0.143. The van der Waals surface area contributed by atoms with Crippen molar-refractivity contribution in [3.63, 3.8) is 0 Å². The third kappa shape index (κ3) is 2.76. The van der Waals surface area contributed by atoms with Gasteiger partial charge in [-0.3, -0.25) is 0 Å². The SMILES string of the molecule is CC1CC(Oc2cc(F)cc(F)c2)C(N)c2ccccc21. The van der Waals surface area contributed by atoms with Crippen LogP contribution in [-0.2, 0) is 0 Å². The molecule has 0 heterocycles. The fraction of sp³-hybridized carbons (Fsp3) is 0.294. The van der Waals surface area contributed by atoms with Crippen molar-refractivity contribution in [2.45, 2.75) is 31.4 Å². The second kappa shape index (κ2) is 5.45. The van der Waals surface area contributed by atoms with Gasteiger partial charge in [-0.1, -0.05) is 31.2 Å². The summed E-state index contributed by atoms with van der Waals surface area (Å²) in [5, 5.41) is 0. The van der Waals surface area contributed by atoms with Crippen molar-refractivity contribution in [1.29, 1.82) is 0 Å². The Labute approximate surface area is 122 Å². The minimum Gasteiger partial charge on any atom is -0.488 e. The molecule has 0 spiro atoms. The molecule has 4 heteroatoms. The fourth-order valence-electron chi connectivity index (χ4n) is 2.98. The predicted molar refractivity (Wildman–Crippen MR) is 77.2 cm³/mol. The number of benzene rings is 2. The van der Waals surface area contributed by atoms with Gasteiger partial charge in [-0.25, -0.2) is 8.78 Å². The number of ether oxygens (including phenoxy) is 1. The molecular weight excluding hydrogens is 272 g/mol. The third-order valence-corrected chi connectivity index (χ3v) is 4.00. The van der Waals surface area contributed by atoms with Crippen molar-refractivity contribution >= 4 is 0 Å². The van der Waals surface area contributed by atoms with Gasteiger partial charge in [0.25, 0.3) is 0 Å². The van der Waals surface area contributed by atoms with Crippen LogP contribution in [0.15, 0.2) is 42.5 Å². The van der Waals surface area contributed by atoms with Crippen molar-refractivity contribution in [3.8, 4) is 5.75 Å². The summed E-state index contributed by atoms with van der Waals surface area (Å²) in [5.41, 5.74) is 8.52. The molecular formula is C17H17F2NO. The molecule has 3 atom stereocenters. The van der Waals surface area contributed by atoms with Crippen LogP contribution >= 0.6 is 0 Å². The minimum absolute atomic E-state index is 0.180. The summed E-state index contributed by atoms with van der Waals surface area (Å²) in [4.78, 5) is 0. The molecule has 0 amide bonds. The number of hydrogen-bond donors (Lipinski definition) is 1. The highest BCUT2D eigenvalue weighted by molar-refractivity contribution is 5.36. The maximum Gasteiger partial charge on any atom is 0.129 e. The Bertz CT molecular complexity index is 639. The van der Waals surface area contributed by atoms with Crippen LogP contribution in [0, 0.1) is 11.6 Å². The zero-order valence-electron chi connectivity index (χ0n) is 11.7. The molecule has 2 aromatic carbocycles. The number of fused-ring (bicyclic) bond motifs is 1. The van der Waals surface area contributed by atoms with Gasteiger partial charge < -0.3 is 10.5 Å². The first-order valence-electron chi connectivity index (χ1n) is 7.02. The van der Waals surface area contributed by atoms with E-state index in [1.54, 1.807) is 0 Å². The van der Waals surface area contributed by atoms with Gasteiger partial charge in [-0.05, 0) is 23.5 Å². The van der Waals surface area contributed by atoms with Crippen LogP contribution in [0.1, 0.15) is 36.4 Å². The summed E-state index contributed by atoms with van der Waals surface area (Å²) < 4.78 is 32.2. The molecule has 1 aliphatic rings. The number of rotatable bonds is 2. The average molecular weight is 289 g/mol. The fourth-order valence-corrected chi connectivity index (χ4v) is 2.98. The molecule has 0 bridgehead atoms. The second-order valence-electron chi connectivity index (χ2n) is 5.55. The summed E-state index contributed by atoms with van der Waals surface area (Å²) in [6.07, 6.45) is 0.423. The Balaban J connectivity index is 1.87. The van der Waals surface area contributed by atoms with Gasteiger partial charge >= 0.3 is 0 Å². The normalized spacial score (nSPS) is 24.5. The first kappa shape index (κ1) is 14.0. The molecule has 0 aromatic heterocycles. The van der Waals surface area contributed by atoms with E-state index in [0.717, 1.165) is 18.1 Å². The monoisotopic (exact) mass is 289 g/mol. The van der Waals surface area contributed by atoms with Crippen LogP contribution in [0.25, 0.3) is 0 Å². The van der Waals surface area contributed by atoms with Crippen molar-refractivity contribution in [2.24, 2.45) is 5.73 Å².